The van der Waals surface area contributed by atoms with Gasteiger partial charge in [-0.05, 0) is 29.8 Å². The number of amides is 1. The molecule has 2 rings (SSSR count). The Bertz CT molecular complexity index is 556. The van der Waals surface area contributed by atoms with Gasteiger partial charge in [-0.25, -0.2) is 4.98 Å². The summed E-state index contributed by atoms with van der Waals surface area (Å²) in [6.07, 6.45) is 1.68. The van der Waals surface area contributed by atoms with Crippen LogP contribution in [0.1, 0.15) is 5.56 Å². The van der Waals surface area contributed by atoms with E-state index in [2.05, 4.69) is 4.98 Å². The van der Waals surface area contributed by atoms with Crippen LogP contribution in [0.2, 0.25) is 0 Å². The van der Waals surface area contributed by atoms with Crippen molar-refractivity contribution in [1.82, 2.24) is 4.98 Å². The van der Waals surface area contributed by atoms with Gasteiger partial charge < -0.3 is 16.4 Å². The number of aromatic nitrogens is 1. The SMILES string of the molecule is NC(=O)CN(Cc1cccc(N)c1)c1ccccn1. The van der Waals surface area contributed by atoms with E-state index in [0.717, 1.165) is 5.56 Å². The van der Waals surface area contributed by atoms with Gasteiger partial charge in [-0.3, -0.25) is 4.79 Å². The van der Waals surface area contributed by atoms with Crippen LogP contribution in [0.5, 0.6) is 0 Å². The molecule has 4 N–H and O–H groups in total. The molecule has 0 bridgehead atoms. The minimum atomic E-state index is -0.394. The fourth-order valence-corrected chi connectivity index (χ4v) is 1.86. The average molecular weight is 256 g/mol. The number of carbonyl (C=O) groups excluding carboxylic acids is 1. The fourth-order valence-electron chi connectivity index (χ4n) is 1.86. The molecule has 2 aromatic rings. The summed E-state index contributed by atoms with van der Waals surface area (Å²) in [6.45, 7) is 0.650. The van der Waals surface area contributed by atoms with E-state index in [4.69, 9.17) is 11.5 Å². The molecule has 0 atom stereocenters. The van der Waals surface area contributed by atoms with Crippen molar-refractivity contribution in [3.05, 3.63) is 54.2 Å². The molecule has 98 valence electrons. The first-order valence-corrected chi connectivity index (χ1v) is 5.94. The van der Waals surface area contributed by atoms with E-state index >= 15 is 0 Å². The molecule has 19 heavy (non-hydrogen) atoms. The second-order valence-electron chi connectivity index (χ2n) is 4.26. The third kappa shape index (κ3) is 3.70. The number of carbonyl (C=O) groups is 1. The molecule has 1 amide bonds. The van der Waals surface area contributed by atoms with Gasteiger partial charge in [0.15, 0.2) is 0 Å². The van der Waals surface area contributed by atoms with E-state index in [1.54, 1.807) is 6.20 Å². The molecular weight excluding hydrogens is 240 g/mol. The number of anilines is 2. The summed E-state index contributed by atoms with van der Waals surface area (Å²) in [5, 5.41) is 0. The Morgan fingerprint density at radius 1 is 1.21 bits per heavy atom. The molecule has 0 aliphatic heterocycles. The van der Waals surface area contributed by atoms with Gasteiger partial charge in [-0.15, -0.1) is 0 Å². The van der Waals surface area contributed by atoms with Crippen LogP contribution >= 0.6 is 0 Å². The Labute approximate surface area is 111 Å². The second kappa shape index (κ2) is 5.86. The first-order chi connectivity index (χ1) is 9.15. The maximum absolute atomic E-state index is 11.2. The Hall–Kier alpha value is -2.56. The van der Waals surface area contributed by atoms with Crippen molar-refractivity contribution in [2.45, 2.75) is 6.54 Å². The number of hydrogen-bond acceptors (Lipinski definition) is 4. The van der Waals surface area contributed by atoms with Crippen LogP contribution < -0.4 is 16.4 Å². The predicted molar refractivity (Wildman–Crippen MR) is 75.3 cm³/mol. The molecule has 5 nitrogen and oxygen atoms in total. The maximum Gasteiger partial charge on any atom is 0.237 e. The number of pyridine rings is 1. The number of benzene rings is 1. The van der Waals surface area contributed by atoms with Crippen molar-refractivity contribution < 1.29 is 4.79 Å². The largest absolute Gasteiger partial charge is 0.399 e. The highest BCUT2D eigenvalue weighted by Gasteiger charge is 2.11. The van der Waals surface area contributed by atoms with Gasteiger partial charge >= 0.3 is 0 Å². The second-order valence-corrected chi connectivity index (χ2v) is 4.26. The summed E-state index contributed by atoms with van der Waals surface area (Å²) in [4.78, 5) is 17.2. The van der Waals surface area contributed by atoms with Crippen LogP contribution in [0.3, 0.4) is 0 Å². The fraction of sp³-hybridized carbons (Fsp3) is 0.143. The number of rotatable bonds is 5. The summed E-state index contributed by atoms with van der Waals surface area (Å²) in [5.41, 5.74) is 12.7. The van der Waals surface area contributed by atoms with Gasteiger partial charge in [-0.1, -0.05) is 18.2 Å². The monoisotopic (exact) mass is 256 g/mol. The van der Waals surface area contributed by atoms with Gasteiger partial charge in [0.1, 0.15) is 5.82 Å². The molecule has 1 heterocycles. The zero-order chi connectivity index (χ0) is 13.7. The number of hydrogen-bond donors (Lipinski definition) is 2. The first-order valence-electron chi connectivity index (χ1n) is 5.94. The minimum absolute atomic E-state index is 0.117. The third-order valence-electron chi connectivity index (χ3n) is 2.64. The van der Waals surface area contributed by atoms with Crippen molar-refractivity contribution >= 4 is 17.4 Å². The topological polar surface area (TPSA) is 85.2 Å². The summed E-state index contributed by atoms with van der Waals surface area (Å²) in [6, 6.07) is 13.1. The van der Waals surface area contributed by atoms with Gasteiger partial charge in [0.25, 0.3) is 0 Å². The molecule has 0 aliphatic carbocycles. The molecule has 0 spiro atoms. The molecule has 1 aromatic heterocycles. The lowest BCUT2D eigenvalue weighted by atomic mass is 10.2. The van der Waals surface area contributed by atoms with Gasteiger partial charge in [0.2, 0.25) is 5.91 Å². The van der Waals surface area contributed by atoms with Crippen LogP contribution in [-0.2, 0) is 11.3 Å². The highest BCUT2D eigenvalue weighted by atomic mass is 16.1. The summed E-state index contributed by atoms with van der Waals surface area (Å²) in [7, 11) is 0. The van der Waals surface area contributed by atoms with E-state index in [1.807, 2.05) is 47.4 Å². The van der Waals surface area contributed by atoms with E-state index in [0.29, 0.717) is 18.1 Å². The smallest absolute Gasteiger partial charge is 0.237 e. The maximum atomic E-state index is 11.2. The van der Waals surface area contributed by atoms with Crippen LogP contribution in [0, 0.1) is 0 Å². The quantitative estimate of drug-likeness (QED) is 0.786. The summed E-state index contributed by atoms with van der Waals surface area (Å²) in [5.74, 6) is 0.318. The standard InChI is InChI=1S/C14H16N4O/c15-12-5-3-4-11(8-12)9-18(10-13(16)19)14-6-1-2-7-17-14/h1-8H,9-10,15H2,(H2,16,19). The molecule has 0 saturated carbocycles. The van der Waals surface area contributed by atoms with Crippen molar-refractivity contribution in [1.29, 1.82) is 0 Å². The summed E-state index contributed by atoms with van der Waals surface area (Å²) >= 11 is 0. The molecule has 0 unspecified atom stereocenters. The zero-order valence-electron chi connectivity index (χ0n) is 10.5. The predicted octanol–water partition coefficient (Wildman–Crippen LogP) is 1.16. The van der Waals surface area contributed by atoms with E-state index in [1.165, 1.54) is 0 Å². The van der Waals surface area contributed by atoms with Gasteiger partial charge in [-0.2, -0.15) is 0 Å². The molecule has 0 aliphatic rings. The molecule has 5 heteroatoms. The molecule has 0 fully saturated rings. The van der Waals surface area contributed by atoms with Crippen molar-refractivity contribution in [3.8, 4) is 0 Å². The highest BCUT2D eigenvalue weighted by molar-refractivity contribution is 5.79. The number of nitrogens with two attached hydrogens (primary N) is 2. The number of nitrogens with zero attached hydrogens (tertiary/aromatic N) is 2. The van der Waals surface area contributed by atoms with Crippen LogP contribution in [0.15, 0.2) is 48.7 Å². The highest BCUT2D eigenvalue weighted by Crippen LogP contribution is 2.15. The van der Waals surface area contributed by atoms with E-state index in [9.17, 15) is 4.79 Å². The molecular formula is C14H16N4O. The van der Waals surface area contributed by atoms with Crippen molar-refractivity contribution in [3.63, 3.8) is 0 Å². The number of nitrogen functional groups attached to an aromatic ring is 1. The minimum Gasteiger partial charge on any atom is -0.399 e. The van der Waals surface area contributed by atoms with Crippen LogP contribution in [0.4, 0.5) is 11.5 Å². The molecule has 0 saturated heterocycles. The Kier molecular flexibility index (Phi) is 3.97. The lowest BCUT2D eigenvalue weighted by Crippen LogP contribution is -2.33. The lowest BCUT2D eigenvalue weighted by Gasteiger charge is -2.22. The van der Waals surface area contributed by atoms with E-state index in [-0.39, 0.29) is 6.54 Å². The summed E-state index contributed by atoms with van der Waals surface area (Å²) < 4.78 is 0. The van der Waals surface area contributed by atoms with Crippen LogP contribution in [0.25, 0.3) is 0 Å². The molecule has 0 radical (unpaired) electrons. The zero-order valence-corrected chi connectivity index (χ0v) is 10.5. The lowest BCUT2D eigenvalue weighted by molar-refractivity contribution is -0.116. The average Bonchev–Trinajstić information content (AvgIpc) is 2.38. The molecule has 1 aromatic carbocycles. The van der Waals surface area contributed by atoms with Gasteiger partial charge in [0, 0.05) is 18.4 Å². The first kappa shape index (κ1) is 12.9. The van der Waals surface area contributed by atoms with Crippen molar-refractivity contribution in [2.75, 3.05) is 17.2 Å². The van der Waals surface area contributed by atoms with Crippen molar-refractivity contribution in [2.24, 2.45) is 5.73 Å². The Balaban J connectivity index is 2.21. The third-order valence-corrected chi connectivity index (χ3v) is 2.64. The Morgan fingerprint density at radius 2 is 2.05 bits per heavy atom. The van der Waals surface area contributed by atoms with E-state index < -0.39 is 5.91 Å². The number of primary amides is 1. The normalized spacial score (nSPS) is 10.1. The van der Waals surface area contributed by atoms with Crippen LogP contribution in [-0.4, -0.2) is 17.4 Å². The van der Waals surface area contributed by atoms with Gasteiger partial charge in [0.05, 0.1) is 6.54 Å². The Morgan fingerprint density at radius 3 is 2.68 bits per heavy atom.